The van der Waals surface area contributed by atoms with Gasteiger partial charge in [0.25, 0.3) is 0 Å². The lowest BCUT2D eigenvalue weighted by Gasteiger charge is -2.24. The highest BCUT2D eigenvalue weighted by Crippen LogP contribution is 2.39. The van der Waals surface area contributed by atoms with E-state index in [2.05, 4.69) is 10.2 Å². The van der Waals surface area contributed by atoms with Crippen molar-refractivity contribution < 1.29 is 4.79 Å². The third-order valence-electron chi connectivity index (χ3n) is 3.22. The Morgan fingerprint density at radius 2 is 2.38 bits per heavy atom. The first-order valence-corrected chi connectivity index (χ1v) is 6.35. The van der Waals surface area contributed by atoms with Gasteiger partial charge in [-0.2, -0.15) is 5.10 Å². The summed E-state index contributed by atoms with van der Waals surface area (Å²) in [7, 11) is 0. The molecule has 16 heavy (non-hydrogen) atoms. The first-order chi connectivity index (χ1) is 7.90. The van der Waals surface area contributed by atoms with Gasteiger partial charge in [0.15, 0.2) is 6.29 Å². The zero-order chi connectivity index (χ0) is 11.0. The predicted molar refractivity (Wildman–Crippen MR) is 63.9 cm³/mol. The SMILES string of the molecule is O=Cc1c(-c2cccs2)n[nH]c1C1CCC1. The Morgan fingerprint density at radius 3 is 2.94 bits per heavy atom. The van der Waals surface area contributed by atoms with Crippen LogP contribution in [-0.2, 0) is 0 Å². The van der Waals surface area contributed by atoms with Crippen molar-refractivity contribution in [1.29, 1.82) is 0 Å². The van der Waals surface area contributed by atoms with E-state index in [0.29, 0.717) is 5.92 Å². The first-order valence-electron chi connectivity index (χ1n) is 5.47. The third-order valence-corrected chi connectivity index (χ3v) is 4.10. The average Bonchev–Trinajstić information content (AvgIpc) is 2.81. The molecule has 1 saturated carbocycles. The van der Waals surface area contributed by atoms with Gasteiger partial charge in [-0.05, 0) is 24.3 Å². The van der Waals surface area contributed by atoms with Gasteiger partial charge in [-0.1, -0.05) is 12.5 Å². The van der Waals surface area contributed by atoms with Crippen LogP contribution in [0.15, 0.2) is 17.5 Å². The number of nitrogens with one attached hydrogen (secondary N) is 1. The summed E-state index contributed by atoms with van der Waals surface area (Å²) < 4.78 is 0. The summed E-state index contributed by atoms with van der Waals surface area (Å²) in [6.07, 6.45) is 4.54. The lowest BCUT2D eigenvalue weighted by Crippen LogP contribution is -2.11. The Bertz CT molecular complexity index is 497. The van der Waals surface area contributed by atoms with E-state index < -0.39 is 0 Å². The van der Waals surface area contributed by atoms with Gasteiger partial charge < -0.3 is 0 Å². The summed E-state index contributed by atoms with van der Waals surface area (Å²) >= 11 is 1.61. The summed E-state index contributed by atoms with van der Waals surface area (Å²) in [5, 5.41) is 9.33. The third kappa shape index (κ3) is 1.41. The summed E-state index contributed by atoms with van der Waals surface area (Å²) in [6.45, 7) is 0. The first kappa shape index (κ1) is 9.78. The quantitative estimate of drug-likeness (QED) is 0.826. The number of rotatable bonds is 3. The number of aromatic amines is 1. The van der Waals surface area contributed by atoms with Crippen LogP contribution in [0.3, 0.4) is 0 Å². The normalized spacial score (nSPS) is 16.0. The molecule has 0 saturated heterocycles. The minimum atomic E-state index is 0.515. The molecule has 3 rings (SSSR count). The molecule has 1 aliphatic carbocycles. The maximum atomic E-state index is 11.2. The van der Waals surface area contributed by atoms with Gasteiger partial charge in [0.1, 0.15) is 5.69 Å². The Balaban J connectivity index is 2.06. The van der Waals surface area contributed by atoms with E-state index in [0.717, 1.165) is 28.1 Å². The zero-order valence-electron chi connectivity index (χ0n) is 8.77. The van der Waals surface area contributed by atoms with E-state index in [1.807, 2.05) is 17.5 Å². The second-order valence-corrected chi connectivity index (χ2v) is 5.07. The van der Waals surface area contributed by atoms with Gasteiger partial charge in [-0.3, -0.25) is 9.89 Å². The van der Waals surface area contributed by atoms with Crippen molar-refractivity contribution in [2.75, 3.05) is 0 Å². The van der Waals surface area contributed by atoms with Crippen molar-refractivity contribution >= 4 is 17.6 Å². The van der Waals surface area contributed by atoms with Crippen molar-refractivity contribution in [1.82, 2.24) is 10.2 Å². The van der Waals surface area contributed by atoms with Gasteiger partial charge in [0.05, 0.1) is 10.4 Å². The molecule has 0 amide bonds. The molecule has 0 radical (unpaired) electrons. The van der Waals surface area contributed by atoms with Crippen LogP contribution in [-0.4, -0.2) is 16.5 Å². The zero-order valence-corrected chi connectivity index (χ0v) is 9.59. The van der Waals surface area contributed by atoms with E-state index >= 15 is 0 Å². The Kier molecular flexibility index (Phi) is 2.36. The molecule has 0 unspecified atom stereocenters. The number of aromatic nitrogens is 2. The van der Waals surface area contributed by atoms with Crippen LogP contribution >= 0.6 is 11.3 Å². The summed E-state index contributed by atoms with van der Waals surface area (Å²) in [5.74, 6) is 0.515. The van der Waals surface area contributed by atoms with Gasteiger partial charge in [0, 0.05) is 11.6 Å². The summed E-state index contributed by atoms with van der Waals surface area (Å²) in [4.78, 5) is 12.3. The van der Waals surface area contributed by atoms with Crippen LogP contribution in [0.25, 0.3) is 10.6 Å². The molecule has 0 atom stereocenters. The molecule has 1 fully saturated rings. The molecule has 0 aromatic carbocycles. The van der Waals surface area contributed by atoms with E-state index in [1.165, 1.54) is 19.3 Å². The molecule has 4 heteroatoms. The Morgan fingerprint density at radius 1 is 1.50 bits per heavy atom. The van der Waals surface area contributed by atoms with Gasteiger partial charge in [-0.25, -0.2) is 0 Å². The molecule has 0 aliphatic heterocycles. The van der Waals surface area contributed by atoms with Crippen LogP contribution in [0.1, 0.15) is 41.2 Å². The molecule has 0 bridgehead atoms. The number of aldehydes is 1. The number of carbonyl (C=O) groups is 1. The summed E-state index contributed by atoms with van der Waals surface area (Å²) in [5.41, 5.74) is 2.60. The van der Waals surface area contributed by atoms with Crippen LogP contribution in [0.2, 0.25) is 0 Å². The monoisotopic (exact) mass is 232 g/mol. The van der Waals surface area contributed by atoms with Crippen molar-refractivity contribution in [2.24, 2.45) is 0 Å². The highest BCUT2D eigenvalue weighted by Gasteiger charge is 2.26. The van der Waals surface area contributed by atoms with E-state index in [9.17, 15) is 4.79 Å². The average molecular weight is 232 g/mol. The van der Waals surface area contributed by atoms with E-state index in [1.54, 1.807) is 11.3 Å². The lowest BCUT2D eigenvalue weighted by molar-refractivity contribution is 0.112. The molecule has 2 heterocycles. The van der Waals surface area contributed by atoms with E-state index in [4.69, 9.17) is 0 Å². The maximum Gasteiger partial charge on any atom is 0.154 e. The van der Waals surface area contributed by atoms with Gasteiger partial charge >= 0.3 is 0 Å². The minimum Gasteiger partial charge on any atom is -0.298 e. The minimum absolute atomic E-state index is 0.515. The van der Waals surface area contributed by atoms with Crippen molar-refractivity contribution in [3.8, 4) is 10.6 Å². The fourth-order valence-corrected chi connectivity index (χ4v) is 2.82. The maximum absolute atomic E-state index is 11.2. The summed E-state index contributed by atoms with van der Waals surface area (Å²) in [6, 6.07) is 3.98. The molecule has 0 spiro atoms. The molecule has 1 aliphatic rings. The smallest absolute Gasteiger partial charge is 0.154 e. The van der Waals surface area contributed by atoms with Crippen LogP contribution in [0, 0.1) is 0 Å². The molecule has 3 nitrogen and oxygen atoms in total. The molecule has 2 aromatic heterocycles. The second kappa shape index (κ2) is 3.87. The number of hydrogen-bond donors (Lipinski definition) is 1. The topological polar surface area (TPSA) is 45.8 Å². The molecule has 2 aromatic rings. The van der Waals surface area contributed by atoms with Crippen molar-refractivity contribution in [2.45, 2.75) is 25.2 Å². The number of hydrogen-bond acceptors (Lipinski definition) is 3. The number of H-pyrrole nitrogens is 1. The molecular weight excluding hydrogens is 220 g/mol. The van der Waals surface area contributed by atoms with Crippen LogP contribution in [0.5, 0.6) is 0 Å². The van der Waals surface area contributed by atoms with Gasteiger partial charge in [0.2, 0.25) is 0 Å². The van der Waals surface area contributed by atoms with Crippen molar-refractivity contribution in [3.05, 3.63) is 28.8 Å². The molecular formula is C12H12N2OS. The molecule has 82 valence electrons. The number of thiophene rings is 1. The highest BCUT2D eigenvalue weighted by molar-refractivity contribution is 7.13. The van der Waals surface area contributed by atoms with E-state index in [-0.39, 0.29) is 0 Å². The fraction of sp³-hybridized carbons (Fsp3) is 0.333. The number of carbonyl (C=O) groups excluding carboxylic acids is 1. The Hall–Kier alpha value is -1.42. The van der Waals surface area contributed by atoms with Crippen LogP contribution < -0.4 is 0 Å². The standard InChI is InChI=1S/C12H12N2OS/c15-7-9-11(8-3-1-4-8)13-14-12(9)10-5-2-6-16-10/h2,5-8H,1,3-4H2,(H,13,14). The predicted octanol–water partition coefficient (Wildman–Crippen LogP) is 3.22. The van der Waals surface area contributed by atoms with Gasteiger partial charge in [-0.15, -0.1) is 11.3 Å². The molecule has 1 N–H and O–H groups in total. The fourth-order valence-electron chi connectivity index (χ4n) is 2.09. The Labute approximate surface area is 97.5 Å². The number of nitrogens with zero attached hydrogens (tertiary/aromatic N) is 1. The highest BCUT2D eigenvalue weighted by atomic mass is 32.1. The second-order valence-electron chi connectivity index (χ2n) is 4.12. The lowest BCUT2D eigenvalue weighted by atomic mass is 9.81. The largest absolute Gasteiger partial charge is 0.298 e. The van der Waals surface area contributed by atoms with Crippen LogP contribution in [0.4, 0.5) is 0 Å². The van der Waals surface area contributed by atoms with Crippen molar-refractivity contribution in [3.63, 3.8) is 0 Å².